The third kappa shape index (κ3) is 5.61. The number of hydrogen-bond donors (Lipinski definition) is 1. The molecule has 0 bridgehead atoms. The number of nitrogens with zero attached hydrogens (tertiary/aromatic N) is 1. The summed E-state index contributed by atoms with van der Waals surface area (Å²) in [6.07, 6.45) is 5.48. The summed E-state index contributed by atoms with van der Waals surface area (Å²) in [5.41, 5.74) is 1.42. The van der Waals surface area contributed by atoms with Crippen molar-refractivity contribution in [2.24, 2.45) is 5.92 Å². The van der Waals surface area contributed by atoms with Gasteiger partial charge in [-0.05, 0) is 48.6 Å². The number of para-hydroxylation sites is 1. The maximum absolute atomic E-state index is 6.09. The zero-order valence-electron chi connectivity index (χ0n) is 15.7. The lowest BCUT2D eigenvalue weighted by Crippen LogP contribution is -2.46. The highest BCUT2D eigenvalue weighted by molar-refractivity contribution is 5.85. The first-order valence-electron chi connectivity index (χ1n) is 9.68. The van der Waals surface area contributed by atoms with E-state index in [0.717, 1.165) is 43.6 Å². The van der Waals surface area contributed by atoms with Crippen molar-refractivity contribution in [3.05, 3.63) is 60.2 Å². The number of hydrogen-bond acceptors (Lipinski definition) is 3. The molecule has 0 spiro atoms. The summed E-state index contributed by atoms with van der Waals surface area (Å²) in [7, 11) is 0. The van der Waals surface area contributed by atoms with Gasteiger partial charge in [0.25, 0.3) is 0 Å². The molecule has 1 N–H and O–H groups in total. The minimum Gasteiger partial charge on any atom is -0.457 e. The van der Waals surface area contributed by atoms with Gasteiger partial charge in [0.1, 0.15) is 11.5 Å². The van der Waals surface area contributed by atoms with Gasteiger partial charge in [-0.2, -0.15) is 0 Å². The molecule has 1 atom stereocenters. The van der Waals surface area contributed by atoms with Crippen LogP contribution in [0.4, 0.5) is 0 Å². The average Bonchev–Trinajstić information content (AvgIpc) is 3.18. The average molecular weight is 409 g/mol. The molecule has 3 nitrogen and oxygen atoms in total. The Bertz CT molecular complexity index is 671. The molecule has 2 aromatic carbocycles. The largest absolute Gasteiger partial charge is 0.457 e. The summed E-state index contributed by atoms with van der Waals surface area (Å²) >= 11 is 0. The van der Waals surface area contributed by atoms with Crippen molar-refractivity contribution in [3.63, 3.8) is 0 Å². The molecule has 4 rings (SSSR count). The van der Waals surface area contributed by atoms with Crippen molar-refractivity contribution >= 4 is 24.8 Å². The molecule has 27 heavy (non-hydrogen) atoms. The standard InChI is InChI=1S/C22H28N2O.2ClH/c1-2-10-20(11-3-1)25-21-12-6-9-19(17-21)22(18-7-4-5-8-18)24-15-13-23-14-16-24;;/h1-3,6,9-12,17-18,22-23H,4-5,7-8,13-16H2;2*1H/t22-;;/m1../s1. The van der Waals surface area contributed by atoms with Gasteiger partial charge in [0, 0.05) is 32.2 Å². The topological polar surface area (TPSA) is 24.5 Å². The zero-order valence-corrected chi connectivity index (χ0v) is 17.3. The van der Waals surface area contributed by atoms with E-state index in [1.807, 2.05) is 30.3 Å². The van der Waals surface area contributed by atoms with E-state index in [4.69, 9.17) is 4.74 Å². The second kappa shape index (κ2) is 10.9. The molecule has 2 fully saturated rings. The first-order chi connectivity index (χ1) is 12.4. The van der Waals surface area contributed by atoms with E-state index in [1.54, 1.807) is 0 Å². The molecule has 0 unspecified atom stereocenters. The molecule has 1 saturated carbocycles. The molecule has 2 aromatic rings. The summed E-state index contributed by atoms with van der Waals surface area (Å²) in [6, 6.07) is 19.4. The summed E-state index contributed by atoms with van der Waals surface area (Å²) < 4.78 is 6.09. The van der Waals surface area contributed by atoms with Crippen molar-refractivity contribution in [2.45, 2.75) is 31.7 Å². The Kier molecular flexibility index (Phi) is 8.91. The first-order valence-corrected chi connectivity index (χ1v) is 9.68. The number of halogens is 2. The van der Waals surface area contributed by atoms with E-state index in [0.29, 0.717) is 6.04 Å². The highest BCUT2D eigenvalue weighted by Gasteiger charge is 2.32. The number of piperazine rings is 1. The van der Waals surface area contributed by atoms with Gasteiger partial charge in [-0.1, -0.05) is 43.2 Å². The third-order valence-corrected chi connectivity index (χ3v) is 5.57. The van der Waals surface area contributed by atoms with Gasteiger partial charge < -0.3 is 10.1 Å². The Morgan fingerprint density at radius 1 is 0.852 bits per heavy atom. The van der Waals surface area contributed by atoms with Crippen LogP contribution in [0.1, 0.15) is 37.3 Å². The fourth-order valence-corrected chi connectivity index (χ4v) is 4.40. The van der Waals surface area contributed by atoms with Crippen LogP contribution in [0.3, 0.4) is 0 Å². The minimum atomic E-state index is 0. The molecular formula is C22H30Cl2N2O. The molecule has 1 aliphatic carbocycles. The van der Waals surface area contributed by atoms with Gasteiger partial charge in [-0.3, -0.25) is 4.90 Å². The zero-order chi connectivity index (χ0) is 16.9. The Morgan fingerprint density at radius 2 is 1.52 bits per heavy atom. The second-order valence-corrected chi connectivity index (χ2v) is 7.26. The van der Waals surface area contributed by atoms with Crippen LogP contribution in [0.2, 0.25) is 0 Å². The van der Waals surface area contributed by atoms with Crippen LogP contribution in [0.25, 0.3) is 0 Å². The lowest BCUT2D eigenvalue weighted by molar-refractivity contribution is 0.125. The van der Waals surface area contributed by atoms with Gasteiger partial charge in [0.2, 0.25) is 0 Å². The van der Waals surface area contributed by atoms with Crippen LogP contribution in [-0.4, -0.2) is 31.1 Å². The van der Waals surface area contributed by atoms with Crippen molar-refractivity contribution in [1.29, 1.82) is 0 Å². The molecule has 0 aromatic heterocycles. The maximum atomic E-state index is 6.09. The molecule has 1 aliphatic heterocycles. The first kappa shape index (κ1) is 22.0. The molecule has 148 valence electrons. The highest BCUT2D eigenvalue weighted by Crippen LogP contribution is 2.40. The summed E-state index contributed by atoms with van der Waals surface area (Å²) in [5, 5.41) is 3.49. The van der Waals surface area contributed by atoms with E-state index < -0.39 is 0 Å². The molecule has 2 aliphatic rings. The van der Waals surface area contributed by atoms with Crippen molar-refractivity contribution in [3.8, 4) is 11.5 Å². The number of rotatable bonds is 5. The second-order valence-electron chi connectivity index (χ2n) is 7.26. The monoisotopic (exact) mass is 408 g/mol. The van der Waals surface area contributed by atoms with Gasteiger partial charge >= 0.3 is 0 Å². The Balaban J connectivity index is 0.00000131. The van der Waals surface area contributed by atoms with Crippen LogP contribution in [0.5, 0.6) is 11.5 Å². The molecule has 1 heterocycles. The quantitative estimate of drug-likeness (QED) is 0.710. The van der Waals surface area contributed by atoms with Gasteiger partial charge in [0.15, 0.2) is 0 Å². The normalized spacial score (nSPS) is 19.0. The van der Waals surface area contributed by atoms with Crippen molar-refractivity contribution in [1.82, 2.24) is 10.2 Å². The van der Waals surface area contributed by atoms with Crippen LogP contribution in [-0.2, 0) is 0 Å². The smallest absolute Gasteiger partial charge is 0.127 e. The van der Waals surface area contributed by atoms with Crippen LogP contribution < -0.4 is 10.1 Å². The molecule has 0 radical (unpaired) electrons. The van der Waals surface area contributed by atoms with E-state index in [2.05, 4.69) is 34.5 Å². The van der Waals surface area contributed by atoms with Gasteiger partial charge in [0.05, 0.1) is 0 Å². The lowest BCUT2D eigenvalue weighted by Gasteiger charge is -2.38. The fourth-order valence-electron chi connectivity index (χ4n) is 4.40. The summed E-state index contributed by atoms with van der Waals surface area (Å²) in [6.45, 7) is 4.49. The lowest BCUT2D eigenvalue weighted by atomic mass is 9.89. The third-order valence-electron chi connectivity index (χ3n) is 5.57. The number of nitrogens with one attached hydrogen (secondary N) is 1. The minimum absolute atomic E-state index is 0. The van der Waals surface area contributed by atoms with Crippen molar-refractivity contribution < 1.29 is 4.74 Å². The van der Waals surface area contributed by atoms with Crippen LogP contribution in [0, 0.1) is 5.92 Å². The Labute approximate surface area is 175 Å². The SMILES string of the molecule is Cl.Cl.c1ccc(Oc2cccc([C@@H](C3CCCC3)N3CCNCC3)c2)cc1. The summed E-state index contributed by atoms with van der Waals surface area (Å²) in [4.78, 5) is 2.69. The van der Waals surface area contributed by atoms with E-state index in [9.17, 15) is 0 Å². The predicted octanol–water partition coefficient (Wildman–Crippen LogP) is 5.46. The fraction of sp³-hybridized carbons (Fsp3) is 0.455. The molecule has 5 heteroatoms. The van der Waals surface area contributed by atoms with Crippen LogP contribution in [0.15, 0.2) is 54.6 Å². The predicted molar refractivity (Wildman–Crippen MR) is 117 cm³/mol. The Morgan fingerprint density at radius 3 is 2.22 bits per heavy atom. The van der Waals surface area contributed by atoms with Crippen LogP contribution >= 0.6 is 24.8 Å². The number of ether oxygens (including phenoxy) is 1. The Hall–Kier alpha value is -1.26. The molecular weight excluding hydrogens is 379 g/mol. The van der Waals surface area contributed by atoms with Crippen molar-refractivity contribution in [2.75, 3.05) is 26.2 Å². The molecule has 0 amide bonds. The van der Waals surface area contributed by atoms with Gasteiger partial charge in [-0.25, -0.2) is 0 Å². The molecule has 1 saturated heterocycles. The van der Waals surface area contributed by atoms with E-state index in [1.165, 1.54) is 31.2 Å². The number of benzene rings is 2. The van der Waals surface area contributed by atoms with E-state index in [-0.39, 0.29) is 24.8 Å². The highest BCUT2D eigenvalue weighted by atomic mass is 35.5. The summed E-state index contributed by atoms with van der Waals surface area (Å²) in [5.74, 6) is 2.63. The van der Waals surface area contributed by atoms with E-state index >= 15 is 0 Å². The van der Waals surface area contributed by atoms with Gasteiger partial charge in [-0.15, -0.1) is 24.8 Å². The maximum Gasteiger partial charge on any atom is 0.127 e.